The quantitative estimate of drug-likeness (QED) is 0.903. The summed E-state index contributed by atoms with van der Waals surface area (Å²) >= 11 is 8.13. The monoisotopic (exact) mass is 267 g/mol. The molecule has 0 spiro atoms. The molecule has 2 unspecified atom stereocenters. The van der Waals surface area contributed by atoms with E-state index in [4.69, 9.17) is 11.6 Å². The molecule has 17 heavy (non-hydrogen) atoms. The molecule has 3 heteroatoms. The molecule has 1 heterocycles. The van der Waals surface area contributed by atoms with Gasteiger partial charge in [-0.15, -0.1) is 0 Å². The van der Waals surface area contributed by atoms with Crippen molar-refractivity contribution in [2.24, 2.45) is 5.92 Å². The summed E-state index contributed by atoms with van der Waals surface area (Å²) in [7, 11) is 0. The van der Waals surface area contributed by atoms with E-state index in [2.05, 4.69) is 29.2 Å². The van der Waals surface area contributed by atoms with Crippen molar-refractivity contribution in [1.29, 1.82) is 0 Å². The summed E-state index contributed by atoms with van der Waals surface area (Å²) in [5, 5.41) is 4.61. The van der Waals surface area contributed by atoms with Crippen molar-refractivity contribution in [1.82, 2.24) is 5.32 Å². The minimum absolute atomic E-state index is 0.633. The molecule has 1 aliphatic carbocycles. The van der Waals surface area contributed by atoms with Crippen LogP contribution in [0.25, 0.3) is 0 Å². The van der Waals surface area contributed by atoms with E-state index in [1.807, 2.05) is 6.07 Å². The van der Waals surface area contributed by atoms with E-state index >= 15 is 0 Å². The number of hydrogen-bond donors (Lipinski definition) is 1. The first-order valence-corrected chi connectivity index (χ1v) is 7.93. The van der Waals surface area contributed by atoms with E-state index in [-0.39, 0.29) is 0 Å². The molecule has 1 saturated heterocycles. The highest BCUT2D eigenvalue weighted by Gasteiger charge is 2.23. The minimum Gasteiger partial charge on any atom is -0.313 e. The highest BCUT2D eigenvalue weighted by atomic mass is 35.5. The van der Waals surface area contributed by atoms with Gasteiger partial charge in [-0.3, -0.25) is 0 Å². The van der Waals surface area contributed by atoms with Gasteiger partial charge >= 0.3 is 0 Å². The zero-order valence-corrected chi connectivity index (χ0v) is 11.5. The summed E-state index contributed by atoms with van der Waals surface area (Å²) in [4.78, 5) is 0. The molecule has 1 aliphatic heterocycles. The molecule has 3 rings (SSSR count). The summed E-state index contributed by atoms with van der Waals surface area (Å²) in [6.07, 6.45) is 3.71. The Kier molecular flexibility index (Phi) is 3.64. The van der Waals surface area contributed by atoms with Crippen LogP contribution in [0.5, 0.6) is 0 Å². The molecule has 1 N–H and O–H groups in total. The molecule has 1 aromatic carbocycles. The van der Waals surface area contributed by atoms with E-state index in [1.54, 1.807) is 0 Å². The third kappa shape index (κ3) is 2.81. The first-order chi connectivity index (χ1) is 8.31. The molecule has 0 amide bonds. The average molecular weight is 268 g/mol. The highest BCUT2D eigenvalue weighted by Crippen LogP contribution is 2.26. The van der Waals surface area contributed by atoms with Gasteiger partial charge in [-0.25, -0.2) is 0 Å². The normalized spacial score (nSPS) is 27.4. The standard InChI is InChI=1S/C14H18ClNS/c15-13-2-1-11-6-14(7-12(11)5-13)16-8-10-3-4-17-9-10/h1-2,5,10,14,16H,3-4,6-9H2. The fourth-order valence-electron chi connectivity index (χ4n) is 2.81. The predicted octanol–water partition coefficient (Wildman–Crippen LogP) is 3.15. The molecule has 0 aromatic heterocycles. The Hall–Kier alpha value is -0.180. The van der Waals surface area contributed by atoms with E-state index in [1.165, 1.54) is 42.0 Å². The van der Waals surface area contributed by atoms with Gasteiger partial charge in [-0.2, -0.15) is 11.8 Å². The summed E-state index contributed by atoms with van der Waals surface area (Å²) < 4.78 is 0. The van der Waals surface area contributed by atoms with E-state index in [0.29, 0.717) is 6.04 Å². The molecule has 2 aliphatic rings. The van der Waals surface area contributed by atoms with Gasteiger partial charge < -0.3 is 5.32 Å². The van der Waals surface area contributed by atoms with Crippen molar-refractivity contribution in [3.05, 3.63) is 34.3 Å². The summed E-state index contributed by atoms with van der Waals surface area (Å²) in [5.74, 6) is 3.60. The second kappa shape index (κ2) is 5.21. The van der Waals surface area contributed by atoms with Crippen LogP contribution in [-0.2, 0) is 12.8 Å². The van der Waals surface area contributed by atoms with Gasteiger partial charge in [0.2, 0.25) is 0 Å². The first-order valence-electron chi connectivity index (χ1n) is 6.39. The largest absolute Gasteiger partial charge is 0.313 e. The van der Waals surface area contributed by atoms with Crippen LogP contribution in [-0.4, -0.2) is 24.1 Å². The predicted molar refractivity (Wildman–Crippen MR) is 76.1 cm³/mol. The number of rotatable bonds is 3. The van der Waals surface area contributed by atoms with Crippen LogP contribution in [0, 0.1) is 5.92 Å². The molecular formula is C14H18ClNS. The lowest BCUT2D eigenvalue weighted by Crippen LogP contribution is -2.33. The zero-order chi connectivity index (χ0) is 11.7. The van der Waals surface area contributed by atoms with Crippen molar-refractivity contribution >= 4 is 23.4 Å². The van der Waals surface area contributed by atoms with Gasteiger partial charge in [0.25, 0.3) is 0 Å². The topological polar surface area (TPSA) is 12.0 Å². The molecule has 92 valence electrons. The maximum atomic E-state index is 6.03. The molecule has 1 aromatic rings. The third-order valence-corrected chi connectivity index (χ3v) is 5.29. The molecule has 0 radical (unpaired) electrons. The Balaban J connectivity index is 1.55. The molecule has 1 fully saturated rings. The Labute approximate surface area is 112 Å². The van der Waals surface area contributed by atoms with Gasteiger partial charge in [-0.05, 0) is 66.5 Å². The van der Waals surface area contributed by atoms with Crippen molar-refractivity contribution in [3.63, 3.8) is 0 Å². The van der Waals surface area contributed by atoms with Crippen LogP contribution in [0.1, 0.15) is 17.5 Å². The number of nitrogens with one attached hydrogen (secondary N) is 1. The second-order valence-corrected chi connectivity index (χ2v) is 6.74. The fraction of sp³-hybridized carbons (Fsp3) is 0.571. The van der Waals surface area contributed by atoms with Crippen LogP contribution in [0.2, 0.25) is 5.02 Å². The van der Waals surface area contributed by atoms with Crippen molar-refractivity contribution in [2.75, 3.05) is 18.1 Å². The van der Waals surface area contributed by atoms with Crippen LogP contribution in [0.3, 0.4) is 0 Å². The lowest BCUT2D eigenvalue weighted by molar-refractivity contribution is 0.459. The molecular weight excluding hydrogens is 250 g/mol. The smallest absolute Gasteiger partial charge is 0.0408 e. The van der Waals surface area contributed by atoms with E-state index in [9.17, 15) is 0 Å². The summed E-state index contributed by atoms with van der Waals surface area (Å²) in [5.41, 5.74) is 2.92. The van der Waals surface area contributed by atoms with E-state index < -0.39 is 0 Å². The fourth-order valence-corrected chi connectivity index (χ4v) is 4.29. The number of thioether (sulfide) groups is 1. The Morgan fingerprint density at radius 2 is 2.18 bits per heavy atom. The number of hydrogen-bond acceptors (Lipinski definition) is 2. The van der Waals surface area contributed by atoms with Crippen LogP contribution < -0.4 is 5.32 Å². The molecule has 2 atom stereocenters. The number of fused-ring (bicyclic) bond motifs is 1. The number of halogens is 1. The van der Waals surface area contributed by atoms with Crippen molar-refractivity contribution in [3.8, 4) is 0 Å². The Morgan fingerprint density at radius 1 is 1.29 bits per heavy atom. The summed E-state index contributed by atoms with van der Waals surface area (Å²) in [6.45, 7) is 1.19. The van der Waals surface area contributed by atoms with Gasteiger partial charge in [0, 0.05) is 11.1 Å². The second-order valence-electron chi connectivity index (χ2n) is 5.16. The molecule has 0 saturated carbocycles. The maximum Gasteiger partial charge on any atom is 0.0408 e. The van der Waals surface area contributed by atoms with Gasteiger partial charge in [-0.1, -0.05) is 17.7 Å². The SMILES string of the molecule is Clc1ccc2c(c1)CC(NCC1CCSC1)C2. The minimum atomic E-state index is 0.633. The van der Waals surface area contributed by atoms with Gasteiger partial charge in [0.15, 0.2) is 0 Å². The lowest BCUT2D eigenvalue weighted by atomic mass is 10.1. The maximum absolute atomic E-state index is 6.03. The van der Waals surface area contributed by atoms with Gasteiger partial charge in [0.05, 0.1) is 0 Å². The summed E-state index contributed by atoms with van der Waals surface area (Å²) in [6, 6.07) is 6.96. The third-order valence-electron chi connectivity index (χ3n) is 3.82. The van der Waals surface area contributed by atoms with Crippen LogP contribution in [0.4, 0.5) is 0 Å². The van der Waals surface area contributed by atoms with E-state index in [0.717, 1.165) is 17.4 Å². The Morgan fingerprint density at radius 3 is 3.00 bits per heavy atom. The van der Waals surface area contributed by atoms with Crippen molar-refractivity contribution < 1.29 is 0 Å². The van der Waals surface area contributed by atoms with Gasteiger partial charge in [0.1, 0.15) is 0 Å². The van der Waals surface area contributed by atoms with Crippen LogP contribution in [0.15, 0.2) is 18.2 Å². The molecule has 1 nitrogen and oxygen atoms in total. The average Bonchev–Trinajstić information content (AvgIpc) is 2.94. The highest BCUT2D eigenvalue weighted by molar-refractivity contribution is 7.99. The Bertz CT molecular complexity index is 401. The molecule has 0 bridgehead atoms. The lowest BCUT2D eigenvalue weighted by Gasteiger charge is -2.15. The van der Waals surface area contributed by atoms with Crippen molar-refractivity contribution in [2.45, 2.75) is 25.3 Å². The first kappa shape index (κ1) is 11.9. The van der Waals surface area contributed by atoms with Crippen LogP contribution >= 0.6 is 23.4 Å². The zero-order valence-electron chi connectivity index (χ0n) is 9.92. The number of benzene rings is 1.